The van der Waals surface area contributed by atoms with Crippen molar-refractivity contribution in [3.05, 3.63) is 23.3 Å². The van der Waals surface area contributed by atoms with Crippen molar-refractivity contribution < 1.29 is 13.2 Å². The van der Waals surface area contributed by atoms with Crippen molar-refractivity contribution in [2.75, 3.05) is 20.2 Å². The van der Waals surface area contributed by atoms with E-state index < -0.39 is 10.0 Å². The van der Waals surface area contributed by atoms with Crippen molar-refractivity contribution in [2.45, 2.75) is 45.9 Å². The van der Waals surface area contributed by atoms with Gasteiger partial charge in [0.25, 0.3) is 0 Å². The van der Waals surface area contributed by atoms with E-state index in [1.54, 1.807) is 26.2 Å². The van der Waals surface area contributed by atoms with Gasteiger partial charge in [0.15, 0.2) is 0 Å². The first kappa shape index (κ1) is 19.5. The summed E-state index contributed by atoms with van der Waals surface area (Å²) >= 11 is 0. The van der Waals surface area contributed by atoms with Gasteiger partial charge in [0, 0.05) is 19.5 Å². The molecule has 0 fully saturated rings. The molecule has 0 bridgehead atoms. The smallest absolute Gasteiger partial charge is 0.243 e. The van der Waals surface area contributed by atoms with Gasteiger partial charge in [0.05, 0.1) is 18.1 Å². The maximum absolute atomic E-state index is 13.1. The lowest BCUT2D eigenvalue weighted by molar-refractivity contribution is 0.284. The van der Waals surface area contributed by atoms with E-state index in [0.717, 1.165) is 5.56 Å². The second kappa shape index (κ2) is 7.33. The van der Waals surface area contributed by atoms with Gasteiger partial charge in [-0.1, -0.05) is 20.8 Å². The minimum Gasteiger partial charge on any atom is -0.496 e. The van der Waals surface area contributed by atoms with E-state index in [-0.39, 0.29) is 23.3 Å². The van der Waals surface area contributed by atoms with E-state index in [0.29, 0.717) is 17.9 Å². The van der Waals surface area contributed by atoms with Gasteiger partial charge >= 0.3 is 0 Å². The second-order valence-corrected chi connectivity index (χ2v) is 8.80. The largest absolute Gasteiger partial charge is 0.496 e. The van der Waals surface area contributed by atoms with Crippen LogP contribution in [0, 0.1) is 30.6 Å². The summed E-state index contributed by atoms with van der Waals surface area (Å²) < 4.78 is 32.8. The SMILES string of the molecule is COc1cc(C)c(S(=O)(=O)N(CCC#N)CC(C)(C)C)cc1C. The summed E-state index contributed by atoms with van der Waals surface area (Å²) in [6.45, 7) is 10.1. The number of benzene rings is 1. The van der Waals surface area contributed by atoms with Crippen LogP contribution in [0.15, 0.2) is 17.0 Å². The third kappa shape index (κ3) is 4.95. The number of methoxy groups -OCH3 is 1. The van der Waals surface area contributed by atoms with Crippen molar-refractivity contribution in [2.24, 2.45) is 5.41 Å². The molecule has 0 aliphatic rings. The Bertz CT molecular complexity index is 698. The second-order valence-electron chi connectivity index (χ2n) is 6.89. The topological polar surface area (TPSA) is 70.4 Å². The summed E-state index contributed by atoms with van der Waals surface area (Å²) in [5.41, 5.74) is 1.22. The highest BCUT2D eigenvalue weighted by atomic mass is 32.2. The Balaban J connectivity index is 3.35. The highest BCUT2D eigenvalue weighted by Gasteiger charge is 2.30. The van der Waals surface area contributed by atoms with Crippen molar-refractivity contribution >= 4 is 10.0 Å². The van der Waals surface area contributed by atoms with Gasteiger partial charge in [-0.3, -0.25) is 0 Å². The van der Waals surface area contributed by atoms with Gasteiger partial charge in [-0.15, -0.1) is 0 Å². The average Bonchev–Trinajstić information content (AvgIpc) is 2.43. The quantitative estimate of drug-likeness (QED) is 0.798. The molecular weight excluding hydrogens is 312 g/mol. The third-order valence-electron chi connectivity index (χ3n) is 3.43. The molecule has 1 rings (SSSR count). The maximum Gasteiger partial charge on any atom is 0.243 e. The molecule has 0 N–H and O–H groups in total. The Morgan fingerprint density at radius 1 is 1.22 bits per heavy atom. The summed E-state index contributed by atoms with van der Waals surface area (Å²) in [7, 11) is -2.09. The molecule has 5 nitrogen and oxygen atoms in total. The highest BCUT2D eigenvalue weighted by Crippen LogP contribution is 2.29. The summed E-state index contributed by atoms with van der Waals surface area (Å²) in [4.78, 5) is 0.276. The molecule has 0 amide bonds. The summed E-state index contributed by atoms with van der Waals surface area (Å²) in [6, 6.07) is 5.41. The lowest BCUT2D eigenvalue weighted by atomic mass is 9.97. The first-order valence-electron chi connectivity index (χ1n) is 7.55. The molecule has 128 valence electrons. The summed E-state index contributed by atoms with van der Waals surface area (Å²) in [5, 5.41) is 8.83. The Morgan fingerprint density at radius 2 is 1.83 bits per heavy atom. The molecule has 0 aliphatic carbocycles. The zero-order chi connectivity index (χ0) is 17.8. The minimum atomic E-state index is -3.66. The van der Waals surface area contributed by atoms with Crippen LogP contribution >= 0.6 is 0 Å². The molecule has 6 heteroatoms. The zero-order valence-corrected chi connectivity index (χ0v) is 15.6. The molecule has 0 saturated carbocycles. The minimum absolute atomic E-state index is 0.170. The van der Waals surface area contributed by atoms with Crippen LogP contribution in [0.25, 0.3) is 0 Å². The van der Waals surface area contributed by atoms with Crippen LogP contribution in [0.3, 0.4) is 0 Å². The molecule has 1 aromatic carbocycles. The van der Waals surface area contributed by atoms with Crippen molar-refractivity contribution in [1.29, 1.82) is 5.26 Å². The average molecular weight is 338 g/mol. The van der Waals surface area contributed by atoms with Crippen LogP contribution in [0.5, 0.6) is 5.75 Å². The number of nitrogens with zero attached hydrogens (tertiary/aromatic N) is 2. The molecule has 0 atom stereocenters. The molecule has 23 heavy (non-hydrogen) atoms. The first-order chi connectivity index (χ1) is 10.5. The van der Waals surface area contributed by atoms with E-state index in [1.807, 2.05) is 33.8 Å². The van der Waals surface area contributed by atoms with Crippen LogP contribution in [0.2, 0.25) is 0 Å². The standard InChI is InChI=1S/C17H26N2O3S/c1-13-11-16(14(2)10-15(13)22-6)23(20,21)19(9-7-8-18)12-17(3,4)5/h10-11H,7,9,12H2,1-6H3. The predicted octanol–water partition coefficient (Wildman–Crippen LogP) is 3.26. The van der Waals surface area contributed by atoms with Crippen molar-refractivity contribution in [3.8, 4) is 11.8 Å². The molecule has 0 aliphatic heterocycles. The Labute approximate surface area is 139 Å². The number of sulfonamides is 1. The molecule has 0 spiro atoms. The number of nitriles is 1. The van der Waals surface area contributed by atoms with Gasteiger partial charge in [-0.25, -0.2) is 8.42 Å². The number of hydrogen-bond acceptors (Lipinski definition) is 4. The third-order valence-corrected chi connectivity index (χ3v) is 5.42. The van der Waals surface area contributed by atoms with Crippen LogP contribution in [0.1, 0.15) is 38.3 Å². The molecular formula is C17H26N2O3S. The van der Waals surface area contributed by atoms with Crippen molar-refractivity contribution in [3.63, 3.8) is 0 Å². The Kier molecular flexibility index (Phi) is 6.20. The van der Waals surface area contributed by atoms with E-state index >= 15 is 0 Å². The normalized spacial score (nSPS) is 12.3. The van der Waals surface area contributed by atoms with Gasteiger partial charge in [0.1, 0.15) is 5.75 Å². The Morgan fingerprint density at radius 3 is 2.30 bits per heavy atom. The van der Waals surface area contributed by atoms with E-state index in [9.17, 15) is 8.42 Å². The van der Waals surface area contributed by atoms with Crippen LogP contribution < -0.4 is 4.74 Å². The van der Waals surface area contributed by atoms with Gasteiger partial charge in [-0.2, -0.15) is 9.57 Å². The molecule has 0 heterocycles. The predicted molar refractivity (Wildman–Crippen MR) is 90.9 cm³/mol. The fourth-order valence-electron chi connectivity index (χ4n) is 2.39. The van der Waals surface area contributed by atoms with E-state index in [1.165, 1.54) is 4.31 Å². The molecule has 0 aromatic heterocycles. The molecule has 0 radical (unpaired) electrons. The van der Waals surface area contributed by atoms with Crippen molar-refractivity contribution in [1.82, 2.24) is 4.31 Å². The van der Waals surface area contributed by atoms with E-state index in [2.05, 4.69) is 0 Å². The number of ether oxygens (including phenoxy) is 1. The zero-order valence-electron chi connectivity index (χ0n) is 14.8. The maximum atomic E-state index is 13.1. The Hall–Kier alpha value is -1.58. The fraction of sp³-hybridized carbons (Fsp3) is 0.588. The molecule has 1 aromatic rings. The highest BCUT2D eigenvalue weighted by molar-refractivity contribution is 7.89. The molecule has 0 unspecified atom stereocenters. The van der Waals surface area contributed by atoms with Crippen LogP contribution in [-0.4, -0.2) is 32.9 Å². The van der Waals surface area contributed by atoms with Crippen LogP contribution in [0.4, 0.5) is 0 Å². The molecule has 0 saturated heterocycles. The van der Waals surface area contributed by atoms with E-state index in [4.69, 9.17) is 10.00 Å². The number of hydrogen-bond donors (Lipinski definition) is 0. The summed E-state index contributed by atoms with van der Waals surface area (Å²) in [6.07, 6.45) is 0.170. The first-order valence-corrected chi connectivity index (χ1v) is 8.99. The fourth-order valence-corrected chi connectivity index (χ4v) is 4.35. The lowest BCUT2D eigenvalue weighted by Crippen LogP contribution is -2.38. The van der Waals surface area contributed by atoms with Crippen LogP contribution in [-0.2, 0) is 10.0 Å². The monoisotopic (exact) mass is 338 g/mol. The lowest BCUT2D eigenvalue weighted by Gasteiger charge is -2.29. The number of rotatable bonds is 6. The number of aryl methyl sites for hydroxylation is 2. The van der Waals surface area contributed by atoms with Gasteiger partial charge in [0.2, 0.25) is 10.0 Å². The van der Waals surface area contributed by atoms with Gasteiger partial charge < -0.3 is 4.74 Å². The van der Waals surface area contributed by atoms with Gasteiger partial charge in [-0.05, 0) is 42.5 Å². The summed E-state index contributed by atoms with van der Waals surface area (Å²) in [5.74, 6) is 0.667.